The van der Waals surface area contributed by atoms with Crippen LogP contribution in [0.4, 0.5) is 5.69 Å². The average molecular weight is 329 g/mol. The maximum atomic E-state index is 12.3. The van der Waals surface area contributed by atoms with Gasteiger partial charge in [0.05, 0.1) is 5.69 Å². The summed E-state index contributed by atoms with van der Waals surface area (Å²) in [5, 5.41) is 14.9. The molecular formula is C14H11N5O3S. The van der Waals surface area contributed by atoms with E-state index in [0.29, 0.717) is 33.4 Å². The van der Waals surface area contributed by atoms with Crippen LogP contribution in [0.2, 0.25) is 0 Å². The molecule has 0 aliphatic heterocycles. The molecular weight excluding hydrogens is 318 g/mol. The molecule has 116 valence electrons. The molecule has 2 aromatic heterocycles. The van der Waals surface area contributed by atoms with E-state index < -0.39 is 10.0 Å². The van der Waals surface area contributed by atoms with Crippen LogP contribution in [-0.2, 0) is 15.8 Å². The molecule has 0 spiro atoms. The third-order valence-corrected chi connectivity index (χ3v) is 4.57. The molecule has 0 saturated carbocycles. The summed E-state index contributed by atoms with van der Waals surface area (Å²) < 4.78 is 32.3. The second-order valence-electron chi connectivity index (χ2n) is 5.01. The van der Waals surface area contributed by atoms with Gasteiger partial charge in [-0.25, -0.2) is 8.42 Å². The van der Waals surface area contributed by atoms with Crippen molar-refractivity contribution in [2.75, 3.05) is 4.72 Å². The van der Waals surface area contributed by atoms with Gasteiger partial charge in [0.2, 0.25) is 10.0 Å². The lowest BCUT2D eigenvalue weighted by molar-refractivity contribution is 0.448. The van der Waals surface area contributed by atoms with Gasteiger partial charge in [-0.1, -0.05) is 17.3 Å². The number of nitrogens with one attached hydrogen (secondary N) is 2. The van der Waals surface area contributed by atoms with Gasteiger partial charge in [-0.05, 0) is 30.3 Å². The Labute approximate surface area is 130 Å². The predicted octanol–water partition coefficient (Wildman–Crippen LogP) is 2.04. The SMILES string of the molecule is O=S(=O)(Cc1noc2ccccc12)Nc1ccc2n[nH]nc2c1. The minimum atomic E-state index is -3.63. The van der Waals surface area contributed by atoms with E-state index in [1.54, 1.807) is 36.4 Å². The monoisotopic (exact) mass is 329 g/mol. The molecule has 0 saturated heterocycles. The lowest BCUT2D eigenvalue weighted by Gasteiger charge is -2.06. The van der Waals surface area contributed by atoms with Crippen LogP contribution < -0.4 is 4.72 Å². The first-order chi connectivity index (χ1) is 11.1. The lowest BCUT2D eigenvalue weighted by Crippen LogP contribution is -2.15. The molecule has 0 aliphatic rings. The Balaban J connectivity index is 1.62. The first-order valence-electron chi connectivity index (χ1n) is 6.75. The number of rotatable bonds is 4. The van der Waals surface area contributed by atoms with Crippen molar-refractivity contribution in [1.29, 1.82) is 0 Å². The van der Waals surface area contributed by atoms with Gasteiger partial charge in [-0.15, -0.1) is 0 Å². The highest BCUT2D eigenvalue weighted by atomic mass is 32.2. The van der Waals surface area contributed by atoms with Crippen molar-refractivity contribution >= 4 is 37.7 Å². The summed E-state index contributed by atoms with van der Waals surface area (Å²) in [5.74, 6) is -0.277. The van der Waals surface area contributed by atoms with Crippen LogP contribution in [0.1, 0.15) is 5.69 Å². The van der Waals surface area contributed by atoms with Gasteiger partial charge in [0.15, 0.2) is 5.58 Å². The molecule has 0 unspecified atom stereocenters. The van der Waals surface area contributed by atoms with Gasteiger partial charge in [0.1, 0.15) is 22.5 Å². The number of fused-ring (bicyclic) bond motifs is 2. The summed E-state index contributed by atoms with van der Waals surface area (Å²) in [6.45, 7) is 0. The van der Waals surface area contributed by atoms with E-state index in [-0.39, 0.29) is 5.75 Å². The fourth-order valence-electron chi connectivity index (χ4n) is 2.34. The smallest absolute Gasteiger partial charge is 0.238 e. The zero-order valence-corrected chi connectivity index (χ0v) is 12.5. The Kier molecular flexibility index (Phi) is 3.01. The molecule has 0 amide bonds. The molecule has 2 aromatic carbocycles. The Hall–Kier alpha value is -2.94. The number of aromatic nitrogens is 4. The summed E-state index contributed by atoms with van der Waals surface area (Å²) in [6.07, 6.45) is 0. The zero-order chi connectivity index (χ0) is 15.9. The van der Waals surface area contributed by atoms with Gasteiger partial charge in [-0.3, -0.25) is 4.72 Å². The maximum Gasteiger partial charge on any atom is 0.238 e. The van der Waals surface area contributed by atoms with E-state index in [4.69, 9.17) is 4.52 Å². The summed E-state index contributed by atoms with van der Waals surface area (Å²) in [5.41, 5.74) is 2.59. The Morgan fingerprint density at radius 1 is 1.09 bits per heavy atom. The number of hydrogen-bond acceptors (Lipinski definition) is 6. The highest BCUT2D eigenvalue weighted by Gasteiger charge is 2.18. The molecule has 8 nitrogen and oxygen atoms in total. The van der Waals surface area contributed by atoms with E-state index in [1.807, 2.05) is 6.07 Å². The van der Waals surface area contributed by atoms with E-state index in [9.17, 15) is 8.42 Å². The summed E-state index contributed by atoms with van der Waals surface area (Å²) in [7, 11) is -3.63. The molecule has 2 heterocycles. The molecule has 0 atom stereocenters. The number of H-pyrrole nitrogens is 1. The van der Waals surface area contributed by atoms with Crippen molar-refractivity contribution in [3.8, 4) is 0 Å². The summed E-state index contributed by atoms with van der Waals surface area (Å²) in [4.78, 5) is 0. The fourth-order valence-corrected chi connectivity index (χ4v) is 3.47. The van der Waals surface area contributed by atoms with E-state index in [1.165, 1.54) is 0 Å². The highest BCUT2D eigenvalue weighted by Crippen LogP contribution is 2.21. The minimum absolute atomic E-state index is 0.277. The number of nitrogens with zero attached hydrogens (tertiary/aromatic N) is 3. The van der Waals surface area contributed by atoms with Crippen LogP contribution in [0.25, 0.3) is 22.0 Å². The van der Waals surface area contributed by atoms with Gasteiger partial charge in [-0.2, -0.15) is 15.4 Å². The number of sulfonamides is 1. The van der Waals surface area contributed by atoms with Crippen LogP contribution in [0, 0.1) is 0 Å². The fraction of sp³-hybridized carbons (Fsp3) is 0.0714. The number of anilines is 1. The van der Waals surface area contributed by atoms with E-state index >= 15 is 0 Å². The average Bonchev–Trinajstić information content (AvgIpc) is 3.13. The summed E-state index contributed by atoms with van der Waals surface area (Å²) >= 11 is 0. The lowest BCUT2D eigenvalue weighted by atomic mass is 10.2. The largest absolute Gasteiger partial charge is 0.356 e. The highest BCUT2D eigenvalue weighted by molar-refractivity contribution is 7.91. The molecule has 2 N–H and O–H groups in total. The van der Waals surface area contributed by atoms with Crippen LogP contribution in [-0.4, -0.2) is 29.0 Å². The quantitative estimate of drug-likeness (QED) is 0.592. The number of hydrogen-bond donors (Lipinski definition) is 2. The first-order valence-corrected chi connectivity index (χ1v) is 8.40. The topological polar surface area (TPSA) is 114 Å². The molecule has 23 heavy (non-hydrogen) atoms. The zero-order valence-electron chi connectivity index (χ0n) is 11.7. The first kappa shape index (κ1) is 13.7. The van der Waals surface area contributed by atoms with Gasteiger partial charge in [0, 0.05) is 5.39 Å². The Morgan fingerprint density at radius 3 is 2.83 bits per heavy atom. The van der Waals surface area contributed by atoms with Crippen molar-refractivity contribution in [1.82, 2.24) is 20.6 Å². The van der Waals surface area contributed by atoms with E-state index in [0.717, 1.165) is 0 Å². The molecule has 0 radical (unpaired) electrons. The molecule has 0 bridgehead atoms. The van der Waals surface area contributed by atoms with Gasteiger partial charge >= 0.3 is 0 Å². The van der Waals surface area contributed by atoms with Crippen LogP contribution in [0.15, 0.2) is 47.0 Å². The van der Waals surface area contributed by atoms with Gasteiger partial charge in [0.25, 0.3) is 0 Å². The van der Waals surface area contributed by atoms with Crippen molar-refractivity contribution < 1.29 is 12.9 Å². The maximum absolute atomic E-state index is 12.3. The number of para-hydroxylation sites is 1. The second-order valence-corrected chi connectivity index (χ2v) is 6.74. The molecule has 4 rings (SSSR count). The predicted molar refractivity (Wildman–Crippen MR) is 84.1 cm³/mol. The second kappa shape index (κ2) is 5.06. The number of benzene rings is 2. The normalized spacial score (nSPS) is 12.0. The third kappa shape index (κ3) is 2.61. The Morgan fingerprint density at radius 2 is 1.91 bits per heavy atom. The molecule has 0 aliphatic carbocycles. The Bertz CT molecular complexity index is 1100. The standard InChI is InChI=1S/C14H11N5O3S/c20-23(21,8-13-10-3-1-2-4-14(10)22-17-13)18-9-5-6-11-12(7-9)16-19-15-11/h1-7,18H,8H2,(H,15,16,19). The van der Waals surface area contributed by atoms with Crippen molar-refractivity contribution in [2.45, 2.75) is 5.75 Å². The van der Waals surface area contributed by atoms with Crippen LogP contribution in [0.5, 0.6) is 0 Å². The van der Waals surface area contributed by atoms with Crippen molar-refractivity contribution in [2.24, 2.45) is 0 Å². The van der Waals surface area contributed by atoms with Crippen molar-refractivity contribution in [3.63, 3.8) is 0 Å². The van der Waals surface area contributed by atoms with Crippen molar-refractivity contribution in [3.05, 3.63) is 48.2 Å². The molecule has 4 aromatic rings. The minimum Gasteiger partial charge on any atom is -0.356 e. The van der Waals surface area contributed by atoms with Crippen LogP contribution >= 0.6 is 0 Å². The molecule has 0 fully saturated rings. The van der Waals surface area contributed by atoms with E-state index in [2.05, 4.69) is 25.3 Å². The summed E-state index contributed by atoms with van der Waals surface area (Å²) in [6, 6.07) is 12.0. The molecule has 9 heteroatoms. The van der Waals surface area contributed by atoms with Gasteiger partial charge < -0.3 is 4.52 Å². The number of aromatic amines is 1. The van der Waals surface area contributed by atoms with Crippen LogP contribution in [0.3, 0.4) is 0 Å². The third-order valence-electron chi connectivity index (χ3n) is 3.37.